The van der Waals surface area contributed by atoms with Crippen molar-refractivity contribution in [3.63, 3.8) is 0 Å². The summed E-state index contributed by atoms with van der Waals surface area (Å²) in [5, 5.41) is 5.97. The number of benzene rings is 2. The number of rotatable bonds is 7. The van der Waals surface area contributed by atoms with Crippen LogP contribution in [0.25, 0.3) is 0 Å². The Morgan fingerprint density at radius 3 is 2.31 bits per heavy atom. The fraction of sp³-hybridized carbons (Fsp3) is 0.435. The molecule has 2 aliphatic rings. The second-order valence-corrected chi connectivity index (χ2v) is 7.90. The van der Waals surface area contributed by atoms with Crippen molar-refractivity contribution in [2.75, 3.05) is 44.1 Å². The number of urea groups is 1. The second kappa shape index (κ2) is 8.23. The van der Waals surface area contributed by atoms with Crippen molar-refractivity contribution in [3.05, 3.63) is 48.0 Å². The molecule has 1 saturated heterocycles. The minimum absolute atomic E-state index is 0.0174. The summed E-state index contributed by atoms with van der Waals surface area (Å²) in [5.74, 6) is 1.44. The first-order valence-corrected chi connectivity index (χ1v) is 10.3. The van der Waals surface area contributed by atoms with E-state index < -0.39 is 0 Å². The van der Waals surface area contributed by atoms with Crippen LogP contribution in [0, 0.1) is 0 Å². The van der Waals surface area contributed by atoms with Crippen molar-refractivity contribution in [2.45, 2.75) is 31.1 Å². The normalized spacial score (nSPS) is 17.0. The van der Waals surface area contributed by atoms with Gasteiger partial charge in [0.25, 0.3) is 0 Å². The average Bonchev–Trinajstić information content (AvgIpc) is 3.35. The minimum Gasteiger partial charge on any atom is -0.493 e. The molecule has 0 atom stereocenters. The molecule has 6 nitrogen and oxygen atoms in total. The van der Waals surface area contributed by atoms with E-state index in [9.17, 15) is 4.79 Å². The van der Waals surface area contributed by atoms with Crippen LogP contribution in [-0.2, 0) is 5.41 Å². The number of ether oxygens (including phenoxy) is 2. The van der Waals surface area contributed by atoms with Gasteiger partial charge in [-0.15, -0.1) is 0 Å². The smallest absolute Gasteiger partial charge is 0.319 e. The molecule has 6 heteroatoms. The molecule has 29 heavy (non-hydrogen) atoms. The molecule has 0 radical (unpaired) electrons. The molecule has 1 saturated carbocycles. The summed E-state index contributed by atoms with van der Waals surface area (Å²) in [7, 11) is 3.27. The molecule has 1 heterocycles. The van der Waals surface area contributed by atoms with E-state index in [0.717, 1.165) is 43.1 Å². The summed E-state index contributed by atoms with van der Waals surface area (Å²) < 4.78 is 10.7. The molecule has 2 aromatic carbocycles. The summed E-state index contributed by atoms with van der Waals surface area (Å²) in [5.41, 5.74) is 3.18. The Labute approximate surface area is 172 Å². The average molecular weight is 396 g/mol. The van der Waals surface area contributed by atoms with E-state index in [1.165, 1.54) is 24.1 Å². The van der Waals surface area contributed by atoms with Crippen LogP contribution in [-0.4, -0.2) is 39.9 Å². The van der Waals surface area contributed by atoms with Gasteiger partial charge in [-0.05, 0) is 67.6 Å². The summed E-state index contributed by atoms with van der Waals surface area (Å²) in [4.78, 5) is 14.8. The SMILES string of the molecule is COc1ccc(C2(CNC(=O)Nc3ccc(N4CCCC4)cc3)CC2)cc1OC. The first kappa shape index (κ1) is 19.4. The summed E-state index contributed by atoms with van der Waals surface area (Å²) in [6.45, 7) is 2.83. The van der Waals surface area contributed by atoms with E-state index in [-0.39, 0.29) is 11.4 Å². The highest BCUT2D eigenvalue weighted by Crippen LogP contribution is 2.49. The number of methoxy groups -OCH3 is 2. The van der Waals surface area contributed by atoms with Crippen molar-refractivity contribution < 1.29 is 14.3 Å². The lowest BCUT2D eigenvalue weighted by Crippen LogP contribution is -2.35. The molecule has 1 aliphatic carbocycles. The van der Waals surface area contributed by atoms with E-state index in [0.29, 0.717) is 6.54 Å². The van der Waals surface area contributed by atoms with Gasteiger partial charge in [0, 0.05) is 36.4 Å². The molecular formula is C23H29N3O3. The summed E-state index contributed by atoms with van der Waals surface area (Å²) in [6.07, 6.45) is 4.61. The first-order chi connectivity index (χ1) is 14.1. The maximum absolute atomic E-state index is 12.4. The van der Waals surface area contributed by atoms with Crippen molar-refractivity contribution in [2.24, 2.45) is 0 Å². The number of anilines is 2. The Balaban J connectivity index is 1.33. The second-order valence-electron chi connectivity index (χ2n) is 7.90. The topological polar surface area (TPSA) is 62.8 Å². The Bertz CT molecular complexity index is 856. The molecular weight excluding hydrogens is 366 g/mol. The van der Waals surface area contributed by atoms with Crippen LogP contribution < -0.4 is 25.0 Å². The van der Waals surface area contributed by atoms with E-state index in [1.54, 1.807) is 14.2 Å². The number of nitrogens with zero attached hydrogens (tertiary/aromatic N) is 1. The third-order valence-electron chi connectivity index (χ3n) is 6.03. The molecule has 4 rings (SSSR count). The highest BCUT2D eigenvalue weighted by atomic mass is 16.5. The van der Waals surface area contributed by atoms with Crippen molar-refractivity contribution >= 4 is 17.4 Å². The Morgan fingerprint density at radius 2 is 1.69 bits per heavy atom. The number of nitrogens with one attached hydrogen (secondary N) is 2. The highest BCUT2D eigenvalue weighted by molar-refractivity contribution is 5.89. The van der Waals surface area contributed by atoms with Crippen LogP contribution in [0.5, 0.6) is 11.5 Å². The van der Waals surface area contributed by atoms with Crippen LogP contribution in [0.3, 0.4) is 0 Å². The molecule has 0 bridgehead atoms. The maximum Gasteiger partial charge on any atom is 0.319 e. The van der Waals surface area contributed by atoms with Gasteiger partial charge in [-0.2, -0.15) is 0 Å². The van der Waals surface area contributed by atoms with Crippen LogP contribution in [0.1, 0.15) is 31.2 Å². The molecule has 0 unspecified atom stereocenters. The van der Waals surface area contributed by atoms with E-state index in [2.05, 4.69) is 33.7 Å². The number of carbonyl (C=O) groups is 1. The van der Waals surface area contributed by atoms with Gasteiger partial charge < -0.3 is 25.0 Å². The molecule has 0 aromatic heterocycles. The van der Waals surface area contributed by atoms with Crippen LogP contribution >= 0.6 is 0 Å². The Hall–Kier alpha value is -2.89. The first-order valence-electron chi connectivity index (χ1n) is 10.3. The van der Waals surface area contributed by atoms with Gasteiger partial charge in [0.05, 0.1) is 14.2 Å². The van der Waals surface area contributed by atoms with Crippen molar-refractivity contribution in [1.29, 1.82) is 0 Å². The van der Waals surface area contributed by atoms with E-state index >= 15 is 0 Å². The molecule has 1 aliphatic heterocycles. The molecule has 0 spiro atoms. The van der Waals surface area contributed by atoms with Gasteiger partial charge in [-0.1, -0.05) is 6.07 Å². The van der Waals surface area contributed by atoms with Crippen molar-refractivity contribution in [3.8, 4) is 11.5 Å². The zero-order valence-electron chi connectivity index (χ0n) is 17.2. The highest BCUT2D eigenvalue weighted by Gasteiger charge is 2.44. The lowest BCUT2D eigenvalue weighted by molar-refractivity contribution is 0.251. The molecule has 154 valence electrons. The summed E-state index contributed by atoms with van der Waals surface area (Å²) >= 11 is 0. The molecule has 2 amide bonds. The predicted molar refractivity (Wildman–Crippen MR) is 115 cm³/mol. The Morgan fingerprint density at radius 1 is 1.00 bits per heavy atom. The summed E-state index contributed by atoms with van der Waals surface area (Å²) in [6, 6.07) is 13.9. The van der Waals surface area contributed by atoms with E-state index in [1.807, 2.05) is 24.3 Å². The quantitative estimate of drug-likeness (QED) is 0.739. The largest absolute Gasteiger partial charge is 0.493 e. The lowest BCUT2D eigenvalue weighted by atomic mass is 9.95. The monoisotopic (exact) mass is 395 g/mol. The predicted octanol–water partition coefficient (Wildman–Crippen LogP) is 4.16. The van der Waals surface area contributed by atoms with Crippen LogP contribution in [0.15, 0.2) is 42.5 Å². The van der Waals surface area contributed by atoms with Crippen molar-refractivity contribution in [1.82, 2.24) is 5.32 Å². The third kappa shape index (κ3) is 4.26. The fourth-order valence-electron chi connectivity index (χ4n) is 4.04. The number of hydrogen-bond acceptors (Lipinski definition) is 4. The minimum atomic E-state index is -0.175. The third-order valence-corrected chi connectivity index (χ3v) is 6.03. The number of hydrogen-bond donors (Lipinski definition) is 2. The molecule has 2 aromatic rings. The van der Waals surface area contributed by atoms with E-state index in [4.69, 9.17) is 9.47 Å². The number of carbonyl (C=O) groups excluding carboxylic acids is 1. The number of amides is 2. The van der Waals surface area contributed by atoms with Gasteiger partial charge >= 0.3 is 6.03 Å². The lowest BCUT2D eigenvalue weighted by Gasteiger charge is -2.19. The van der Waals surface area contributed by atoms with Gasteiger partial charge in [-0.3, -0.25) is 0 Å². The maximum atomic E-state index is 12.4. The standard InChI is InChI=1S/C23H29N3O3/c1-28-20-10-5-17(15-21(20)29-2)23(11-12-23)16-24-22(27)25-18-6-8-19(9-7-18)26-13-3-4-14-26/h5-10,15H,3-4,11-14,16H2,1-2H3,(H2,24,25,27). The van der Waals surface area contributed by atoms with Crippen LogP contribution in [0.2, 0.25) is 0 Å². The van der Waals surface area contributed by atoms with Gasteiger partial charge in [0.1, 0.15) is 0 Å². The zero-order valence-corrected chi connectivity index (χ0v) is 17.2. The Kier molecular flexibility index (Phi) is 5.51. The van der Waals surface area contributed by atoms with Gasteiger partial charge in [0.15, 0.2) is 11.5 Å². The molecule has 2 fully saturated rings. The van der Waals surface area contributed by atoms with Crippen LogP contribution in [0.4, 0.5) is 16.2 Å². The van der Waals surface area contributed by atoms with Gasteiger partial charge in [0.2, 0.25) is 0 Å². The zero-order chi connectivity index (χ0) is 20.3. The fourth-order valence-corrected chi connectivity index (χ4v) is 4.04. The van der Waals surface area contributed by atoms with Gasteiger partial charge in [-0.25, -0.2) is 4.79 Å². The molecule has 2 N–H and O–H groups in total.